The van der Waals surface area contributed by atoms with E-state index in [-0.39, 0.29) is 11.9 Å². The first-order chi connectivity index (χ1) is 13.1. The van der Waals surface area contributed by atoms with E-state index in [2.05, 4.69) is 10.2 Å². The molecular weight excluding hydrogens is 340 g/mol. The number of likely N-dealkylation sites (N-methyl/N-ethyl adjacent to an activating group) is 1. The van der Waals surface area contributed by atoms with Gasteiger partial charge >= 0.3 is 0 Å². The van der Waals surface area contributed by atoms with Crippen LogP contribution < -0.4 is 10.1 Å². The maximum Gasteiger partial charge on any atom is 0.244 e. The third-order valence-corrected chi connectivity index (χ3v) is 4.43. The summed E-state index contributed by atoms with van der Waals surface area (Å²) in [5.41, 5.74) is 1.84. The minimum Gasteiger partial charge on any atom is -0.496 e. The molecule has 3 aromatic rings. The largest absolute Gasteiger partial charge is 0.496 e. The quantitative estimate of drug-likeness (QED) is 0.647. The SMILES string of the molecule is COc1ccccc1C(CNC(=O)/C=C/c1cc2ccccc2o1)N(C)C. The van der Waals surface area contributed by atoms with Gasteiger partial charge in [0.15, 0.2) is 0 Å². The lowest BCUT2D eigenvalue weighted by atomic mass is 10.0. The number of ether oxygens (including phenoxy) is 1. The van der Waals surface area contributed by atoms with Gasteiger partial charge in [-0.3, -0.25) is 4.79 Å². The van der Waals surface area contributed by atoms with Crippen molar-refractivity contribution >= 4 is 23.0 Å². The van der Waals surface area contributed by atoms with Crippen LogP contribution >= 0.6 is 0 Å². The van der Waals surface area contributed by atoms with E-state index in [4.69, 9.17) is 9.15 Å². The van der Waals surface area contributed by atoms with Crippen LogP contribution in [-0.4, -0.2) is 38.6 Å². The second kappa shape index (κ2) is 8.56. The summed E-state index contributed by atoms with van der Waals surface area (Å²) in [7, 11) is 5.61. The second-order valence-electron chi connectivity index (χ2n) is 6.49. The van der Waals surface area contributed by atoms with E-state index >= 15 is 0 Å². The van der Waals surface area contributed by atoms with Crippen LogP contribution in [0.4, 0.5) is 0 Å². The van der Waals surface area contributed by atoms with Crippen molar-refractivity contribution in [1.82, 2.24) is 10.2 Å². The van der Waals surface area contributed by atoms with Crippen molar-refractivity contribution < 1.29 is 13.9 Å². The molecule has 0 aliphatic carbocycles. The number of para-hydroxylation sites is 2. The van der Waals surface area contributed by atoms with E-state index in [1.54, 1.807) is 13.2 Å². The summed E-state index contributed by atoms with van der Waals surface area (Å²) >= 11 is 0. The van der Waals surface area contributed by atoms with Gasteiger partial charge in [0.05, 0.1) is 13.2 Å². The lowest BCUT2D eigenvalue weighted by molar-refractivity contribution is -0.116. The van der Waals surface area contributed by atoms with Crippen LogP contribution in [0.15, 0.2) is 65.1 Å². The monoisotopic (exact) mass is 364 g/mol. The second-order valence-corrected chi connectivity index (χ2v) is 6.49. The van der Waals surface area contributed by atoms with Crippen molar-refractivity contribution in [2.24, 2.45) is 0 Å². The Hall–Kier alpha value is -3.05. The molecule has 0 saturated heterocycles. The third kappa shape index (κ3) is 4.57. The molecule has 0 bridgehead atoms. The molecule has 0 spiro atoms. The topological polar surface area (TPSA) is 54.7 Å². The van der Waals surface area contributed by atoms with Gasteiger partial charge in [-0.2, -0.15) is 0 Å². The summed E-state index contributed by atoms with van der Waals surface area (Å²) in [5, 5.41) is 3.97. The van der Waals surface area contributed by atoms with Crippen molar-refractivity contribution in [3.63, 3.8) is 0 Å². The molecule has 1 amide bonds. The van der Waals surface area contributed by atoms with E-state index in [1.165, 1.54) is 6.08 Å². The highest BCUT2D eigenvalue weighted by atomic mass is 16.5. The van der Waals surface area contributed by atoms with E-state index in [1.807, 2.05) is 68.7 Å². The number of fused-ring (bicyclic) bond motifs is 1. The first kappa shape index (κ1) is 18.7. The Morgan fingerprint density at radius 2 is 1.93 bits per heavy atom. The Balaban J connectivity index is 1.65. The smallest absolute Gasteiger partial charge is 0.244 e. The molecule has 1 atom stereocenters. The fraction of sp³-hybridized carbons (Fsp3) is 0.227. The van der Waals surface area contributed by atoms with E-state index in [9.17, 15) is 4.79 Å². The molecular formula is C22H24N2O3. The number of amides is 1. The highest BCUT2D eigenvalue weighted by molar-refractivity contribution is 5.92. The number of rotatable bonds is 7. The highest BCUT2D eigenvalue weighted by Gasteiger charge is 2.18. The average molecular weight is 364 g/mol. The molecule has 5 heteroatoms. The number of nitrogens with one attached hydrogen (secondary N) is 1. The van der Waals surface area contributed by atoms with Crippen LogP contribution in [0.1, 0.15) is 17.4 Å². The maximum absolute atomic E-state index is 12.3. The summed E-state index contributed by atoms with van der Waals surface area (Å²) in [4.78, 5) is 14.3. The van der Waals surface area contributed by atoms with Crippen molar-refractivity contribution in [3.8, 4) is 5.75 Å². The Morgan fingerprint density at radius 1 is 1.19 bits per heavy atom. The number of nitrogens with zero attached hydrogens (tertiary/aromatic N) is 1. The molecule has 0 saturated carbocycles. The number of hydrogen-bond acceptors (Lipinski definition) is 4. The van der Waals surface area contributed by atoms with E-state index < -0.39 is 0 Å². The lowest BCUT2D eigenvalue weighted by Gasteiger charge is -2.26. The van der Waals surface area contributed by atoms with Crippen molar-refractivity contribution in [2.45, 2.75) is 6.04 Å². The zero-order valence-corrected chi connectivity index (χ0v) is 15.8. The number of furan rings is 1. The number of carbonyl (C=O) groups is 1. The van der Waals surface area contributed by atoms with Gasteiger partial charge in [0.2, 0.25) is 5.91 Å². The van der Waals surface area contributed by atoms with Crippen molar-refractivity contribution in [3.05, 3.63) is 72.0 Å². The van der Waals surface area contributed by atoms with Gasteiger partial charge in [-0.1, -0.05) is 36.4 Å². The predicted molar refractivity (Wildman–Crippen MR) is 108 cm³/mol. The molecule has 1 aromatic heterocycles. The first-order valence-electron chi connectivity index (χ1n) is 8.82. The first-order valence-corrected chi connectivity index (χ1v) is 8.82. The molecule has 1 heterocycles. The van der Waals surface area contributed by atoms with Crippen LogP contribution in [0.2, 0.25) is 0 Å². The van der Waals surface area contributed by atoms with Gasteiger partial charge in [-0.15, -0.1) is 0 Å². The average Bonchev–Trinajstić information content (AvgIpc) is 3.09. The molecule has 5 nitrogen and oxygen atoms in total. The van der Waals surface area contributed by atoms with Crippen LogP contribution in [0.5, 0.6) is 5.75 Å². The fourth-order valence-corrected chi connectivity index (χ4v) is 3.01. The van der Waals surface area contributed by atoms with Crippen molar-refractivity contribution in [1.29, 1.82) is 0 Å². The minimum absolute atomic E-state index is 0.00435. The molecule has 0 aliphatic heterocycles. The third-order valence-electron chi connectivity index (χ3n) is 4.43. The number of benzene rings is 2. The van der Waals surface area contributed by atoms with Gasteiger partial charge in [0, 0.05) is 23.6 Å². The Morgan fingerprint density at radius 3 is 2.67 bits per heavy atom. The Bertz CT molecular complexity index is 910. The Labute approximate surface area is 159 Å². The van der Waals surface area contributed by atoms with Gasteiger partial charge in [-0.25, -0.2) is 0 Å². The van der Waals surface area contributed by atoms with Gasteiger partial charge in [-0.05, 0) is 38.4 Å². The van der Waals surface area contributed by atoms with Crippen LogP contribution in [0.3, 0.4) is 0 Å². The highest BCUT2D eigenvalue weighted by Crippen LogP contribution is 2.27. The molecule has 0 aliphatic rings. The summed E-state index contributed by atoms with van der Waals surface area (Å²) in [6.45, 7) is 0.469. The number of hydrogen-bond donors (Lipinski definition) is 1. The van der Waals surface area contributed by atoms with E-state index in [0.717, 1.165) is 22.3 Å². The summed E-state index contributed by atoms with van der Waals surface area (Å²) in [6, 6.07) is 17.5. The zero-order chi connectivity index (χ0) is 19.2. The molecule has 0 fully saturated rings. The molecule has 140 valence electrons. The molecule has 1 N–H and O–H groups in total. The fourth-order valence-electron chi connectivity index (χ4n) is 3.01. The predicted octanol–water partition coefficient (Wildman–Crippen LogP) is 3.87. The molecule has 27 heavy (non-hydrogen) atoms. The molecule has 3 rings (SSSR count). The van der Waals surface area contributed by atoms with E-state index in [0.29, 0.717) is 12.3 Å². The lowest BCUT2D eigenvalue weighted by Crippen LogP contribution is -2.33. The normalized spacial score (nSPS) is 12.6. The van der Waals surface area contributed by atoms with Crippen molar-refractivity contribution in [2.75, 3.05) is 27.7 Å². The Kier molecular flexibility index (Phi) is 5.94. The molecule has 2 aromatic carbocycles. The molecule has 1 unspecified atom stereocenters. The van der Waals surface area contributed by atoms with Gasteiger partial charge in [0.25, 0.3) is 0 Å². The van der Waals surface area contributed by atoms with Crippen LogP contribution in [0.25, 0.3) is 17.0 Å². The summed E-state index contributed by atoms with van der Waals surface area (Å²) < 4.78 is 11.1. The van der Waals surface area contributed by atoms with Gasteiger partial charge < -0.3 is 19.4 Å². The minimum atomic E-state index is -0.169. The van der Waals surface area contributed by atoms with Gasteiger partial charge in [0.1, 0.15) is 17.1 Å². The summed E-state index contributed by atoms with van der Waals surface area (Å²) in [6.07, 6.45) is 3.18. The zero-order valence-electron chi connectivity index (χ0n) is 15.8. The maximum atomic E-state index is 12.3. The summed E-state index contributed by atoms with van der Waals surface area (Å²) in [5.74, 6) is 1.29. The number of carbonyl (C=O) groups excluding carboxylic acids is 1. The standard InChI is InChI=1S/C22H24N2O3/c1-24(2)19(18-9-5-7-11-21(18)26-3)15-23-22(25)13-12-17-14-16-8-4-6-10-20(16)27-17/h4-14,19H,15H2,1-3H3,(H,23,25)/b13-12+. The molecule has 0 radical (unpaired) electrons. The van der Waals surface area contributed by atoms with Crippen LogP contribution in [-0.2, 0) is 4.79 Å². The number of methoxy groups -OCH3 is 1. The van der Waals surface area contributed by atoms with Crippen LogP contribution in [0, 0.1) is 0 Å².